The van der Waals surface area contributed by atoms with Gasteiger partial charge in [-0.05, 0) is 113 Å². The Bertz CT molecular complexity index is 809. The molecule has 1 heterocycles. The highest BCUT2D eigenvalue weighted by Gasteiger charge is 2.15. The van der Waals surface area contributed by atoms with E-state index in [1.807, 2.05) is 0 Å². The van der Waals surface area contributed by atoms with Crippen molar-refractivity contribution >= 4 is 5.57 Å². The maximum Gasteiger partial charge on any atom is -0.00156 e. The highest BCUT2D eigenvalue weighted by atomic mass is 15.1. The zero-order valence-corrected chi connectivity index (χ0v) is 21.1. The predicted octanol–water partition coefficient (Wildman–Crippen LogP) is 8.31. The summed E-state index contributed by atoms with van der Waals surface area (Å²) in [4.78, 5) is 2.63. The van der Waals surface area contributed by atoms with Crippen LogP contribution in [0.15, 0.2) is 59.7 Å². The van der Waals surface area contributed by atoms with Gasteiger partial charge in [-0.15, -0.1) is 0 Å². The number of piperidine rings is 1. The van der Waals surface area contributed by atoms with Gasteiger partial charge in [0.15, 0.2) is 0 Å². The van der Waals surface area contributed by atoms with Crippen LogP contribution in [0, 0.1) is 12.8 Å². The molecule has 0 amide bonds. The van der Waals surface area contributed by atoms with E-state index in [0.717, 1.165) is 25.2 Å². The summed E-state index contributed by atoms with van der Waals surface area (Å²) < 4.78 is 0. The SMILES string of the molecule is C=C(/C=C\C(=C(C)C)/C(=C\CC)c1ccc(CC)c(C)c1)CCCN1CCC(C)CC1. The molecule has 1 aromatic rings. The minimum atomic E-state index is 0.906. The first-order valence-electron chi connectivity index (χ1n) is 12.4. The fourth-order valence-electron chi connectivity index (χ4n) is 4.47. The molecule has 1 heteroatoms. The van der Waals surface area contributed by atoms with Crippen LogP contribution >= 0.6 is 0 Å². The zero-order valence-electron chi connectivity index (χ0n) is 21.1. The van der Waals surface area contributed by atoms with E-state index in [1.165, 1.54) is 77.9 Å². The first-order valence-corrected chi connectivity index (χ1v) is 12.4. The van der Waals surface area contributed by atoms with Gasteiger partial charge in [0.1, 0.15) is 0 Å². The summed E-state index contributed by atoms with van der Waals surface area (Å²) in [7, 11) is 0. The lowest BCUT2D eigenvalue weighted by Gasteiger charge is -2.30. The molecule has 1 aliphatic rings. The number of nitrogens with zero attached hydrogens (tertiary/aromatic N) is 1. The van der Waals surface area contributed by atoms with E-state index in [4.69, 9.17) is 0 Å². The first-order chi connectivity index (χ1) is 14.8. The molecular weight excluding hydrogens is 374 g/mol. The molecule has 1 fully saturated rings. The monoisotopic (exact) mass is 419 g/mol. The average molecular weight is 420 g/mol. The molecule has 1 aliphatic heterocycles. The summed E-state index contributed by atoms with van der Waals surface area (Å²) in [6.45, 7) is 21.6. The van der Waals surface area contributed by atoms with Crippen molar-refractivity contribution in [3.63, 3.8) is 0 Å². The Balaban J connectivity index is 2.05. The van der Waals surface area contributed by atoms with Gasteiger partial charge in [-0.1, -0.05) is 74.9 Å². The van der Waals surface area contributed by atoms with Crippen molar-refractivity contribution in [1.29, 1.82) is 0 Å². The van der Waals surface area contributed by atoms with Crippen LogP contribution in [0.4, 0.5) is 0 Å². The Labute approximate surface area is 192 Å². The summed E-state index contributed by atoms with van der Waals surface area (Å²) in [5, 5.41) is 0. The second-order valence-corrected chi connectivity index (χ2v) is 9.55. The van der Waals surface area contributed by atoms with E-state index in [9.17, 15) is 0 Å². The van der Waals surface area contributed by atoms with Gasteiger partial charge in [-0.25, -0.2) is 0 Å². The molecule has 0 bridgehead atoms. The van der Waals surface area contributed by atoms with Gasteiger partial charge in [-0.2, -0.15) is 0 Å². The van der Waals surface area contributed by atoms with Crippen LogP contribution in [0.3, 0.4) is 0 Å². The Morgan fingerprint density at radius 2 is 1.84 bits per heavy atom. The summed E-state index contributed by atoms with van der Waals surface area (Å²) in [5.74, 6) is 0.906. The number of benzene rings is 1. The quantitative estimate of drug-likeness (QED) is 0.345. The van der Waals surface area contributed by atoms with Crippen LogP contribution in [-0.2, 0) is 6.42 Å². The summed E-state index contributed by atoms with van der Waals surface area (Å²) in [6, 6.07) is 6.94. The number of allylic oxidation sites excluding steroid dienone is 7. The van der Waals surface area contributed by atoms with Gasteiger partial charge in [0.05, 0.1) is 0 Å². The maximum absolute atomic E-state index is 4.35. The maximum atomic E-state index is 4.35. The van der Waals surface area contributed by atoms with Crippen molar-refractivity contribution in [3.05, 3.63) is 76.4 Å². The minimum absolute atomic E-state index is 0.906. The topological polar surface area (TPSA) is 3.24 Å². The molecule has 1 nitrogen and oxygen atoms in total. The number of hydrogen-bond donors (Lipinski definition) is 0. The van der Waals surface area contributed by atoms with Crippen molar-refractivity contribution in [2.24, 2.45) is 5.92 Å². The number of likely N-dealkylation sites (tertiary alicyclic amines) is 1. The highest BCUT2D eigenvalue weighted by Crippen LogP contribution is 2.29. The third-order valence-corrected chi connectivity index (χ3v) is 6.61. The van der Waals surface area contributed by atoms with Gasteiger partial charge in [0.2, 0.25) is 0 Å². The zero-order chi connectivity index (χ0) is 22.8. The van der Waals surface area contributed by atoms with Crippen LogP contribution in [0.1, 0.15) is 83.4 Å². The van der Waals surface area contributed by atoms with Crippen molar-refractivity contribution in [1.82, 2.24) is 4.90 Å². The lowest BCUT2D eigenvalue weighted by atomic mass is 9.90. The molecule has 170 valence electrons. The van der Waals surface area contributed by atoms with Crippen LogP contribution < -0.4 is 0 Å². The normalized spacial score (nSPS) is 16.1. The van der Waals surface area contributed by atoms with Gasteiger partial charge >= 0.3 is 0 Å². The molecule has 0 aliphatic carbocycles. The molecule has 0 aromatic heterocycles. The number of rotatable bonds is 10. The standard InChI is InChI=1S/C30H45N/c1-8-11-30(28-15-14-27(9-2)26(7)22-28)29(23(3)4)16-13-24(5)12-10-19-31-20-17-25(6)18-21-31/h11,13-16,22,25H,5,8-10,12,17-21H2,1-4,6-7H3/b16-13-,30-11-. The summed E-state index contributed by atoms with van der Waals surface area (Å²) >= 11 is 0. The van der Waals surface area contributed by atoms with Crippen molar-refractivity contribution in [3.8, 4) is 0 Å². The predicted molar refractivity (Wildman–Crippen MR) is 140 cm³/mol. The molecule has 1 saturated heterocycles. The van der Waals surface area contributed by atoms with Crippen LogP contribution in [0.5, 0.6) is 0 Å². The van der Waals surface area contributed by atoms with Crippen LogP contribution in [0.2, 0.25) is 0 Å². The molecule has 0 atom stereocenters. The Kier molecular flexibility index (Phi) is 10.5. The van der Waals surface area contributed by atoms with Gasteiger partial charge in [-0.3, -0.25) is 0 Å². The lowest BCUT2D eigenvalue weighted by Crippen LogP contribution is -2.33. The van der Waals surface area contributed by atoms with Gasteiger partial charge < -0.3 is 4.90 Å². The third-order valence-electron chi connectivity index (χ3n) is 6.61. The van der Waals surface area contributed by atoms with E-state index in [0.29, 0.717) is 0 Å². The molecule has 31 heavy (non-hydrogen) atoms. The van der Waals surface area contributed by atoms with Crippen LogP contribution in [-0.4, -0.2) is 24.5 Å². The highest BCUT2D eigenvalue weighted by molar-refractivity contribution is 5.83. The lowest BCUT2D eigenvalue weighted by molar-refractivity contribution is 0.191. The van der Waals surface area contributed by atoms with Gasteiger partial charge in [0.25, 0.3) is 0 Å². The van der Waals surface area contributed by atoms with E-state index in [2.05, 4.69) is 89.4 Å². The average Bonchev–Trinajstić information content (AvgIpc) is 2.74. The number of hydrogen-bond acceptors (Lipinski definition) is 1. The smallest absolute Gasteiger partial charge is 0.00156 e. The summed E-state index contributed by atoms with van der Waals surface area (Å²) in [5.41, 5.74) is 9.40. The minimum Gasteiger partial charge on any atom is -0.303 e. The molecular formula is C30H45N. The second kappa shape index (κ2) is 12.9. The van der Waals surface area contributed by atoms with E-state index >= 15 is 0 Å². The van der Waals surface area contributed by atoms with Crippen molar-refractivity contribution in [2.75, 3.05) is 19.6 Å². The third kappa shape index (κ3) is 7.96. The molecule has 0 radical (unpaired) electrons. The van der Waals surface area contributed by atoms with E-state index < -0.39 is 0 Å². The molecule has 0 saturated carbocycles. The van der Waals surface area contributed by atoms with Crippen LogP contribution in [0.25, 0.3) is 5.57 Å². The Morgan fingerprint density at radius 3 is 2.42 bits per heavy atom. The van der Waals surface area contributed by atoms with Gasteiger partial charge in [0, 0.05) is 0 Å². The van der Waals surface area contributed by atoms with Crippen molar-refractivity contribution in [2.45, 2.75) is 80.1 Å². The largest absolute Gasteiger partial charge is 0.303 e. The molecule has 0 spiro atoms. The fourth-order valence-corrected chi connectivity index (χ4v) is 4.47. The number of aryl methyl sites for hydroxylation is 2. The first kappa shape index (κ1) is 25.4. The second-order valence-electron chi connectivity index (χ2n) is 9.55. The van der Waals surface area contributed by atoms with Crippen molar-refractivity contribution < 1.29 is 0 Å². The fraction of sp³-hybridized carbons (Fsp3) is 0.533. The Morgan fingerprint density at radius 1 is 1.13 bits per heavy atom. The van der Waals surface area contributed by atoms with E-state index in [1.54, 1.807) is 0 Å². The molecule has 0 N–H and O–H groups in total. The molecule has 0 unspecified atom stereocenters. The van der Waals surface area contributed by atoms with E-state index in [-0.39, 0.29) is 0 Å². The molecule has 2 rings (SSSR count). The Hall–Kier alpha value is -1.86. The summed E-state index contributed by atoms with van der Waals surface area (Å²) in [6.07, 6.45) is 14.0. The molecule has 1 aromatic carbocycles.